The number of amides is 3. The minimum absolute atomic E-state index is 0.153. The molecule has 5 nitrogen and oxygen atoms in total. The maximum absolute atomic E-state index is 11.3. The van der Waals surface area contributed by atoms with Crippen molar-refractivity contribution in [2.75, 3.05) is 26.8 Å². The molecule has 0 aromatic heterocycles. The van der Waals surface area contributed by atoms with Crippen molar-refractivity contribution in [2.24, 2.45) is 0 Å². The van der Waals surface area contributed by atoms with Crippen molar-refractivity contribution in [3.63, 3.8) is 0 Å². The molecule has 2 aliphatic rings. The van der Waals surface area contributed by atoms with E-state index in [9.17, 15) is 9.59 Å². The molecule has 12 heavy (non-hydrogen) atoms. The lowest BCUT2D eigenvalue weighted by Crippen LogP contribution is -2.45. The number of imide groups is 1. The third-order valence-electron chi connectivity index (χ3n) is 2.28. The van der Waals surface area contributed by atoms with E-state index in [1.54, 1.807) is 4.90 Å². The van der Waals surface area contributed by atoms with Crippen molar-refractivity contribution in [2.45, 2.75) is 6.04 Å². The molecule has 0 unspecified atom stereocenters. The van der Waals surface area contributed by atoms with Gasteiger partial charge in [0.1, 0.15) is 6.04 Å². The Kier molecular flexibility index (Phi) is 1.54. The fourth-order valence-electron chi connectivity index (χ4n) is 1.55. The first-order valence-corrected chi connectivity index (χ1v) is 3.87. The Balaban J connectivity index is 2.25. The molecule has 5 heteroatoms. The number of nitrogens with zero attached hydrogens (tertiary/aromatic N) is 2. The average Bonchev–Trinajstić information content (AvgIpc) is 2.33. The summed E-state index contributed by atoms with van der Waals surface area (Å²) in [5.74, 6) is -0.153. The van der Waals surface area contributed by atoms with Gasteiger partial charge in [-0.1, -0.05) is 0 Å². The average molecular weight is 170 g/mol. The molecular formula is C7H10N2O3. The molecule has 2 aliphatic heterocycles. The minimum Gasteiger partial charge on any atom is -0.377 e. The molecule has 2 saturated heterocycles. The zero-order valence-electron chi connectivity index (χ0n) is 6.82. The smallest absolute Gasteiger partial charge is 0.327 e. The fourth-order valence-corrected chi connectivity index (χ4v) is 1.55. The molecule has 0 N–H and O–H groups in total. The van der Waals surface area contributed by atoms with E-state index in [-0.39, 0.29) is 18.0 Å². The number of fused-ring (bicyclic) bond motifs is 1. The van der Waals surface area contributed by atoms with Gasteiger partial charge in [0.05, 0.1) is 13.2 Å². The van der Waals surface area contributed by atoms with Crippen LogP contribution in [0.4, 0.5) is 4.79 Å². The van der Waals surface area contributed by atoms with E-state index in [0.717, 1.165) is 4.90 Å². The van der Waals surface area contributed by atoms with Crippen molar-refractivity contribution < 1.29 is 14.3 Å². The standard InChI is InChI=1S/C7H10N2O3/c1-8-6(10)5-4-12-3-2-9(5)7(8)11/h5H,2-4H2,1H3/t5-/m0/s1. The first-order chi connectivity index (χ1) is 5.72. The van der Waals surface area contributed by atoms with Gasteiger partial charge in [-0.25, -0.2) is 4.79 Å². The summed E-state index contributed by atoms with van der Waals surface area (Å²) in [6, 6.07) is -0.565. The third-order valence-corrected chi connectivity index (χ3v) is 2.28. The first kappa shape index (κ1) is 7.54. The van der Waals surface area contributed by atoms with E-state index in [1.165, 1.54) is 7.05 Å². The van der Waals surface area contributed by atoms with Crippen LogP contribution < -0.4 is 0 Å². The highest BCUT2D eigenvalue weighted by atomic mass is 16.5. The van der Waals surface area contributed by atoms with Crippen molar-refractivity contribution >= 4 is 11.9 Å². The summed E-state index contributed by atoms with van der Waals surface area (Å²) in [6.45, 7) is 1.40. The molecule has 1 atom stereocenters. The van der Waals surface area contributed by atoms with Gasteiger partial charge in [0, 0.05) is 13.6 Å². The van der Waals surface area contributed by atoms with Crippen LogP contribution in [0.3, 0.4) is 0 Å². The van der Waals surface area contributed by atoms with Crippen LogP contribution >= 0.6 is 0 Å². The van der Waals surface area contributed by atoms with Crippen molar-refractivity contribution in [1.82, 2.24) is 9.80 Å². The number of ether oxygens (including phenoxy) is 1. The van der Waals surface area contributed by atoms with Crippen LogP contribution in [0.5, 0.6) is 0 Å². The minimum atomic E-state index is -0.365. The molecule has 2 heterocycles. The molecular weight excluding hydrogens is 160 g/mol. The zero-order chi connectivity index (χ0) is 8.72. The van der Waals surface area contributed by atoms with E-state index in [1.807, 2.05) is 0 Å². The first-order valence-electron chi connectivity index (χ1n) is 3.87. The van der Waals surface area contributed by atoms with Gasteiger partial charge in [0.15, 0.2) is 0 Å². The highest BCUT2D eigenvalue weighted by Gasteiger charge is 2.44. The summed E-state index contributed by atoms with van der Waals surface area (Å²) in [6.07, 6.45) is 0. The third kappa shape index (κ3) is 0.828. The Labute approximate surface area is 69.9 Å². The van der Waals surface area contributed by atoms with Gasteiger partial charge in [0.25, 0.3) is 5.91 Å². The van der Waals surface area contributed by atoms with E-state index in [0.29, 0.717) is 19.8 Å². The molecule has 66 valence electrons. The summed E-state index contributed by atoms with van der Waals surface area (Å²) < 4.78 is 5.11. The Hall–Kier alpha value is -1.10. The summed E-state index contributed by atoms with van der Waals surface area (Å²) in [5.41, 5.74) is 0. The van der Waals surface area contributed by atoms with Gasteiger partial charge in [-0.2, -0.15) is 0 Å². The molecule has 0 saturated carbocycles. The predicted molar refractivity (Wildman–Crippen MR) is 39.5 cm³/mol. The van der Waals surface area contributed by atoms with Crippen molar-refractivity contribution in [1.29, 1.82) is 0 Å². The predicted octanol–water partition coefficient (Wildman–Crippen LogP) is -0.721. The highest BCUT2D eigenvalue weighted by Crippen LogP contribution is 2.18. The SMILES string of the molecule is CN1C(=O)[C@@H]2COCCN2C1=O. The molecule has 0 aromatic rings. The molecule has 0 spiro atoms. The van der Waals surface area contributed by atoms with Crippen molar-refractivity contribution in [3.8, 4) is 0 Å². The second-order valence-corrected chi connectivity index (χ2v) is 2.96. The lowest BCUT2D eigenvalue weighted by atomic mass is 10.2. The number of rotatable bonds is 0. The summed E-state index contributed by atoms with van der Waals surface area (Å²) in [5, 5.41) is 0. The Morgan fingerprint density at radius 3 is 2.92 bits per heavy atom. The van der Waals surface area contributed by atoms with Crippen molar-refractivity contribution in [3.05, 3.63) is 0 Å². The maximum atomic E-state index is 11.3. The Morgan fingerprint density at radius 1 is 1.50 bits per heavy atom. The molecule has 0 aliphatic carbocycles. The number of carbonyl (C=O) groups excluding carboxylic acids is 2. The monoisotopic (exact) mass is 170 g/mol. The fraction of sp³-hybridized carbons (Fsp3) is 0.714. The van der Waals surface area contributed by atoms with Gasteiger partial charge in [0.2, 0.25) is 0 Å². The second-order valence-electron chi connectivity index (χ2n) is 2.96. The molecule has 3 amide bonds. The van der Waals surface area contributed by atoms with E-state index in [4.69, 9.17) is 4.74 Å². The van der Waals surface area contributed by atoms with Gasteiger partial charge in [-0.3, -0.25) is 9.69 Å². The number of carbonyl (C=O) groups is 2. The second kappa shape index (κ2) is 2.45. The normalized spacial score (nSPS) is 29.6. The quantitative estimate of drug-likeness (QED) is 0.451. The van der Waals surface area contributed by atoms with E-state index in [2.05, 4.69) is 0 Å². The summed E-state index contributed by atoms with van der Waals surface area (Å²) >= 11 is 0. The van der Waals surface area contributed by atoms with Gasteiger partial charge < -0.3 is 9.64 Å². The van der Waals surface area contributed by atoms with E-state index >= 15 is 0 Å². The maximum Gasteiger partial charge on any atom is 0.327 e. The van der Waals surface area contributed by atoms with Gasteiger partial charge in [-0.05, 0) is 0 Å². The van der Waals surface area contributed by atoms with Gasteiger partial charge >= 0.3 is 6.03 Å². The topological polar surface area (TPSA) is 49.9 Å². The van der Waals surface area contributed by atoms with Crippen LogP contribution in [0.15, 0.2) is 0 Å². The largest absolute Gasteiger partial charge is 0.377 e. The zero-order valence-corrected chi connectivity index (χ0v) is 6.82. The van der Waals surface area contributed by atoms with Crippen LogP contribution in [0.1, 0.15) is 0 Å². The van der Waals surface area contributed by atoms with Crippen LogP contribution in [-0.2, 0) is 9.53 Å². The molecule has 0 radical (unpaired) electrons. The number of hydrogen-bond acceptors (Lipinski definition) is 3. The summed E-state index contributed by atoms with van der Waals surface area (Å²) in [7, 11) is 1.50. The number of morpholine rings is 1. The molecule has 0 aromatic carbocycles. The molecule has 2 rings (SSSR count). The Morgan fingerprint density at radius 2 is 2.25 bits per heavy atom. The summed E-state index contributed by atoms with van der Waals surface area (Å²) in [4.78, 5) is 25.4. The van der Waals surface area contributed by atoms with E-state index < -0.39 is 0 Å². The van der Waals surface area contributed by atoms with Crippen LogP contribution in [0, 0.1) is 0 Å². The number of hydrogen-bond donors (Lipinski definition) is 0. The molecule has 0 bridgehead atoms. The molecule has 2 fully saturated rings. The van der Waals surface area contributed by atoms with Crippen LogP contribution in [-0.4, -0.2) is 54.6 Å². The van der Waals surface area contributed by atoms with Crippen LogP contribution in [0.2, 0.25) is 0 Å². The highest BCUT2D eigenvalue weighted by molar-refractivity contribution is 6.04. The number of likely N-dealkylation sites (N-methyl/N-ethyl adjacent to an activating group) is 1. The number of urea groups is 1. The Bertz CT molecular complexity index is 217. The lowest BCUT2D eigenvalue weighted by molar-refractivity contribution is -0.130. The van der Waals surface area contributed by atoms with Gasteiger partial charge in [-0.15, -0.1) is 0 Å². The van der Waals surface area contributed by atoms with Crippen LogP contribution in [0.25, 0.3) is 0 Å². The lowest BCUT2D eigenvalue weighted by Gasteiger charge is -2.26.